The first-order valence-electron chi connectivity index (χ1n) is 3.03. The number of hydrogen-bond donors (Lipinski definition) is 0. The molecule has 1 heterocycles. The van der Waals surface area contributed by atoms with Crippen LogP contribution in [-0.4, -0.2) is 11.4 Å². The van der Waals surface area contributed by atoms with Gasteiger partial charge in [-0.25, -0.2) is 0 Å². The molecule has 0 atom stereocenters. The number of nitrogens with zero attached hydrogens (tertiary/aromatic N) is 1. The highest BCUT2D eigenvalue weighted by molar-refractivity contribution is 5.70. The van der Waals surface area contributed by atoms with Gasteiger partial charge in [-0.05, 0) is 12.1 Å². The number of aldehydes is 1. The summed E-state index contributed by atoms with van der Waals surface area (Å²) in [7, 11) is 0. The Morgan fingerprint density at radius 2 is 2.42 bits per heavy atom. The van der Waals surface area contributed by atoms with Crippen molar-refractivity contribution in [1.82, 2.24) is 0 Å². The van der Waals surface area contributed by atoms with Crippen LogP contribution in [0.3, 0.4) is 0 Å². The Bertz CT molecular complexity index is 292. The smallest absolute Gasteiger partial charge is 0.294 e. The van der Waals surface area contributed by atoms with Crippen molar-refractivity contribution < 1.29 is 19.1 Å². The van der Waals surface area contributed by atoms with E-state index in [1.54, 1.807) is 0 Å². The molecule has 0 fully saturated rings. The van der Waals surface area contributed by atoms with Crippen molar-refractivity contribution in [3.05, 3.63) is 33.8 Å². The Labute approximate surface area is 66.8 Å². The zero-order valence-electron chi connectivity index (χ0n) is 5.93. The van der Waals surface area contributed by atoms with Crippen LogP contribution in [0.1, 0.15) is 16.3 Å². The van der Waals surface area contributed by atoms with Gasteiger partial charge in [0.25, 0.3) is 5.09 Å². The van der Waals surface area contributed by atoms with Crippen LogP contribution in [0.15, 0.2) is 16.5 Å². The van der Waals surface area contributed by atoms with Gasteiger partial charge in [0.2, 0.25) is 0 Å². The van der Waals surface area contributed by atoms with E-state index in [9.17, 15) is 14.9 Å². The lowest BCUT2D eigenvalue weighted by Gasteiger charge is -1.92. The highest BCUT2D eigenvalue weighted by Gasteiger charge is 2.02. The lowest BCUT2D eigenvalue weighted by Crippen LogP contribution is -1.99. The molecule has 0 bridgehead atoms. The Hall–Kier alpha value is -1.85. The first-order valence-corrected chi connectivity index (χ1v) is 3.03. The third-order valence-corrected chi connectivity index (χ3v) is 1.11. The van der Waals surface area contributed by atoms with E-state index >= 15 is 0 Å². The van der Waals surface area contributed by atoms with E-state index < -0.39 is 5.09 Å². The van der Waals surface area contributed by atoms with Crippen LogP contribution in [0.2, 0.25) is 0 Å². The molecule has 0 N–H and O–H groups in total. The summed E-state index contributed by atoms with van der Waals surface area (Å²) in [4.78, 5) is 23.8. The maximum atomic E-state index is 10.1. The largest absolute Gasteiger partial charge is 0.456 e. The first-order chi connectivity index (χ1) is 5.72. The molecule has 0 aliphatic carbocycles. The SMILES string of the molecule is O=Cc1ccc(CO[N+](=O)[O-])o1. The molecular weight excluding hydrogens is 166 g/mol. The van der Waals surface area contributed by atoms with E-state index in [2.05, 4.69) is 4.84 Å². The summed E-state index contributed by atoms with van der Waals surface area (Å²) >= 11 is 0. The molecule has 0 amide bonds. The molecule has 64 valence electrons. The molecule has 0 saturated heterocycles. The average Bonchev–Trinajstić information content (AvgIpc) is 2.48. The molecule has 6 nitrogen and oxygen atoms in total. The fourth-order valence-corrected chi connectivity index (χ4v) is 0.652. The fraction of sp³-hybridized carbons (Fsp3) is 0.167. The van der Waals surface area contributed by atoms with Gasteiger partial charge >= 0.3 is 0 Å². The summed E-state index contributed by atoms with van der Waals surface area (Å²) in [6, 6.07) is 2.85. The van der Waals surface area contributed by atoms with Crippen molar-refractivity contribution in [3.63, 3.8) is 0 Å². The maximum Gasteiger partial charge on any atom is 0.294 e. The molecule has 0 aliphatic heterocycles. The number of furan rings is 1. The zero-order valence-corrected chi connectivity index (χ0v) is 5.93. The van der Waals surface area contributed by atoms with Gasteiger partial charge in [0.05, 0.1) is 0 Å². The third-order valence-electron chi connectivity index (χ3n) is 1.11. The Kier molecular flexibility index (Phi) is 2.42. The van der Waals surface area contributed by atoms with Gasteiger partial charge in [0.15, 0.2) is 18.7 Å². The molecule has 1 aromatic rings. The third kappa shape index (κ3) is 2.08. The van der Waals surface area contributed by atoms with Gasteiger partial charge in [-0.2, -0.15) is 0 Å². The highest BCUT2D eigenvalue weighted by atomic mass is 16.9. The molecule has 0 saturated carbocycles. The number of carbonyl (C=O) groups excluding carboxylic acids is 1. The van der Waals surface area contributed by atoms with Crippen LogP contribution in [0, 0.1) is 10.1 Å². The van der Waals surface area contributed by atoms with Crippen LogP contribution in [0.25, 0.3) is 0 Å². The van der Waals surface area contributed by atoms with Gasteiger partial charge in [0, 0.05) is 0 Å². The summed E-state index contributed by atoms with van der Waals surface area (Å²) in [5, 5.41) is 8.79. The molecule has 0 spiro atoms. The molecule has 1 aromatic heterocycles. The van der Waals surface area contributed by atoms with Crippen molar-refractivity contribution in [2.75, 3.05) is 0 Å². The first kappa shape index (κ1) is 8.25. The molecule has 0 unspecified atom stereocenters. The molecule has 12 heavy (non-hydrogen) atoms. The minimum atomic E-state index is -0.927. The van der Waals surface area contributed by atoms with Gasteiger partial charge < -0.3 is 9.25 Å². The van der Waals surface area contributed by atoms with E-state index in [4.69, 9.17) is 4.42 Å². The molecule has 0 aromatic carbocycles. The number of rotatable bonds is 4. The number of carbonyl (C=O) groups is 1. The second kappa shape index (κ2) is 3.51. The Morgan fingerprint density at radius 1 is 1.67 bits per heavy atom. The van der Waals surface area contributed by atoms with Crippen LogP contribution in [0.5, 0.6) is 0 Å². The number of hydrogen-bond acceptors (Lipinski definition) is 5. The summed E-state index contributed by atoms with van der Waals surface area (Å²) in [6.07, 6.45) is 0.510. The lowest BCUT2D eigenvalue weighted by molar-refractivity contribution is -0.763. The quantitative estimate of drug-likeness (QED) is 0.380. The molecular formula is C6H5NO5. The summed E-state index contributed by atoms with van der Waals surface area (Å²) < 4.78 is 4.79. The van der Waals surface area contributed by atoms with Crippen LogP contribution < -0.4 is 0 Å². The van der Waals surface area contributed by atoms with E-state index in [-0.39, 0.29) is 18.1 Å². The van der Waals surface area contributed by atoms with Crippen LogP contribution in [-0.2, 0) is 11.4 Å². The minimum Gasteiger partial charge on any atom is -0.456 e. The van der Waals surface area contributed by atoms with Crippen molar-refractivity contribution in [1.29, 1.82) is 0 Å². The molecule has 1 rings (SSSR count). The predicted octanol–water partition coefficient (Wildman–Crippen LogP) is 0.800. The highest BCUT2D eigenvalue weighted by Crippen LogP contribution is 2.06. The van der Waals surface area contributed by atoms with E-state index in [0.29, 0.717) is 6.29 Å². The Morgan fingerprint density at radius 3 is 2.92 bits per heavy atom. The van der Waals surface area contributed by atoms with Crippen LogP contribution >= 0.6 is 0 Å². The second-order valence-corrected chi connectivity index (χ2v) is 1.92. The van der Waals surface area contributed by atoms with Gasteiger partial charge in [0.1, 0.15) is 5.76 Å². The lowest BCUT2D eigenvalue weighted by atomic mass is 10.4. The van der Waals surface area contributed by atoms with Crippen LogP contribution in [0.4, 0.5) is 0 Å². The monoisotopic (exact) mass is 171 g/mol. The van der Waals surface area contributed by atoms with E-state index in [0.717, 1.165) is 0 Å². The second-order valence-electron chi connectivity index (χ2n) is 1.92. The van der Waals surface area contributed by atoms with Crippen molar-refractivity contribution in [2.24, 2.45) is 0 Å². The van der Waals surface area contributed by atoms with Crippen molar-refractivity contribution in [2.45, 2.75) is 6.61 Å². The fourth-order valence-electron chi connectivity index (χ4n) is 0.652. The zero-order chi connectivity index (χ0) is 8.97. The average molecular weight is 171 g/mol. The summed E-state index contributed by atoms with van der Waals surface area (Å²) in [5.74, 6) is 0.366. The normalized spacial score (nSPS) is 9.33. The minimum absolute atomic E-state index is 0.122. The van der Waals surface area contributed by atoms with E-state index in [1.807, 2.05) is 0 Å². The topological polar surface area (TPSA) is 82.6 Å². The van der Waals surface area contributed by atoms with Gasteiger partial charge in [-0.3, -0.25) is 4.79 Å². The predicted molar refractivity (Wildman–Crippen MR) is 35.9 cm³/mol. The Balaban J connectivity index is 2.52. The molecule has 6 heteroatoms. The van der Waals surface area contributed by atoms with Gasteiger partial charge in [-0.1, -0.05) is 0 Å². The van der Waals surface area contributed by atoms with Crippen molar-refractivity contribution in [3.8, 4) is 0 Å². The standard InChI is InChI=1S/C6H5NO5/c8-3-5-1-2-6(12-5)4-11-7(9)10/h1-3H,4H2. The maximum absolute atomic E-state index is 10.1. The van der Waals surface area contributed by atoms with Crippen molar-refractivity contribution >= 4 is 6.29 Å². The van der Waals surface area contributed by atoms with Gasteiger partial charge in [-0.15, -0.1) is 10.1 Å². The van der Waals surface area contributed by atoms with E-state index in [1.165, 1.54) is 12.1 Å². The summed E-state index contributed by atoms with van der Waals surface area (Å²) in [5.41, 5.74) is 0. The molecule has 0 aliphatic rings. The summed E-state index contributed by atoms with van der Waals surface area (Å²) in [6.45, 7) is -0.277. The molecule has 0 radical (unpaired) electrons.